The fourth-order valence-corrected chi connectivity index (χ4v) is 8.67. The maximum Gasteiger partial charge on any atom is 0.469 e. The van der Waals surface area contributed by atoms with Gasteiger partial charge in [-0.05, 0) is 47.9 Å². The lowest BCUT2D eigenvalue weighted by Gasteiger charge is -2.30. The van der Waals surface area contributed by atoms with Crippen LogP contribution in [0.25, 0.3) is 11.1 Å². The number of benzene rings is 2. The van der Waals surface area contributed by atoms with E-state index in [9.17, 15) is 43.5 Å². The Balaban J connectivity index is 1.24. The van der Waals surface area contributed by atoms with Gasteiger partial charge in [0.25, 0.3) is 0 Å². The van der Waals surface area contributed by atoms with Crippen LogP contribution in [0, 0.1) is 5.92 Å². The van der Waals surface area contributed by atoms with Gasteiger partial charge in [0.1, 0.15) is 31.0 Å². The highest BCUT2D eigenvalue weighted by Crippen LogP contribution is 2.44. The second-order valence-electron chi connectivity index (χ2n) is 17.9. The molecule has 404 valence electrons. The molecule has 6 amide bonds. The van der Waals surface area contributed by atoms with Crippen molar-refractivity contribution in [3.05, 3.63) is 77.9 Å². The zero-order valence-corrected chi connectivity index (χ0v) is 42.6. The highest BCUT2D eigenvalue weighted by molar-refractivity contribution is 7.46. The third-order valence-electron chi connectivity index (χ3n) is 11.7. The third-order valence-corrected chi connectivity index (χ3v) is 12.3. The molecule has 25 heteroatoms. The van der Waals surface area contributed by atoms with E-state index in [2.05, 4.69) is 53.2 Å². The molecule has 1 unspecified atom stereocenters. The van der Waals surface area contributed by atoms with Crippen LogP contribution in [0.3, 0.4) is 0 Å². The van der Waals surface area contributed by atoms with Gasteiger partial charge in [0, 0.05) is 37.3 Å². The molecule has 0 aliphatic heterocycles. The standard InChI is InChI=1S/C48H72N9O15P/c1-5-6-11-18-57(42(60)16-19-69-21-22-70-20-17-51-48(65)71-28-37-35-14-9-7-12-33(35)34-13-8-10-15-36(34)37)26-41(59)53-38(23-30(2)3)45(62)54-39(24-32-25-50-29-52-32)46(63)55-40(27-58)47(64)56-43(44(49)61)31(4)72-73(66,67)68/h7-10,12-15,25,29-31,37-41,43,53,58-59H,5-6,11,16-24,26-28H2,1-4H3,(H2,49,61)(H,50,52)(H,51,65)(H,54,62)(H,55,63)(H,56,64)(H2,66,67,68)/t31-,38+,39+,40+,41?,43+/m1/s1. The average Bonchev–Trinajstić information content (AvgIpc) is 3.97. The van der Waals surface area contributed by atoms with E-state index in [0.717, 1.165) is 42.0 Å². The largest absolute Gasteiger partial charge is 0.469 e. The minimum Gasteiger partial charge on any atom is -0.449 e. The second-order valence-corrected chi connectivity index (χ2v) is 19.1. The Kier molecular flexibility index (Phi) is 24.9. The van der Waals surface area contributed by atoms with Crippen LogP contribution in [0.1, 0.15) is 82.5 Å². The SMILES string of the molecule is CCCCCN(CC(O)N[C@@H](CC(C)C)C(=O)N[C@@H](Cc1cnc[nH]1)C(=O)N[C@@H](CO)C(=O)N[C@H](C(N)=O)[C@@H](C)OP(=O)(O)O)C(=O)CCOCCOCCNC(=O)OCC1c2ccccc2-c2ccccc21. The number of H-pyrrole nitrogens is 1. The summed E-state index contributed by atoms with van der Waals surface area (Å²) in [4.78, 5) is 105. The Morgan fingerprint density at radius 3 is 2.05 bits per heavy atom. The molecular weight excluding hydrogens is 974 g/mol. The van der Waals surface area contributed by atoms with Gasteiger partial charge in [0.2, 0.25) is 29.5 Å². The summed E-state index contributed by atoms with van der Waals surface area (Å²) < 4.78 is 32.6. The van der Waals surface area contributed by atoms with Crippen LogP contribution in [0.5, 0.6) is 0 Å². The lowest BCUT2D eigenvalue weighted by Crippen LogP contribution is -2.61. The summed E-state index contributed by atoms with van der Waals surface area (Å²) in [6.45, 7) is 6.99. The Morgan fingerprint density at radius 1 is 0.849 bits per heavy atom. The van der Waals surface area contributed by atoms with Crippen molar-refractivity contribution in [1.29, 1.82) is 0 Å². The smallest absolute Gasteiger partial charge is 0.449 e. The van der Waals surface area contributed by atoms with Crippen molar-refractivity contribution in [2.75, 3.05) is 59.3 Å². The second kappa shape index (κ2) is 30.4. The van der Waals surface area contributed by atoms with Gasteiger partial charge in [0.05, 0.1) is 64.5 Å². The van der Waals surface area contributed by atoms with E-state index < -0.39 is 80.7 Å². The molecule has 1 aliphatic carbocycles. The molecule has 3 aromatic rings. The molecule has 4 rings (SSSR count). The average molecular weight is 1050 g/mol. The lowest BCUT2D eigenvalue weighted by molar-refractivity contribution is -0.136. The number of aliphatic hydroxyl groups is 2. The molecule has 0 bridgehead atoms. The highest BCUT2D eigenvalue weighted by Gasteiger charge is 2.35. The molecular formula is C48H72N9O15P. The predicted molar refractivity (Wildman–Crippen MR) is 265 cm³/mol. The number of carbonyl (C=O) groups excluding carboxylic acids is 6. The van der Waals surface area contributed by atoms with Gasteiger partial charge < -0.3 is 71.1 Å². The van der Waals surface area contributed by atoms with Crippen molar-refractivity contribution in [3.63, 3.8) is 0 Å². The van der Waals surface area contributed by atoms with Gasteiger partial charge in [-0.15, -0.1) is 0 Å². The van der Waals surface area contributed by atoms with Crippen molar-refractivity contribution in [1.82, 2.24) is 41.5 Å². The molecule has 6 atom stereocenters. The van der Waals surface area contributed by atoms with Gasteiger partial charge in [-0.1, -0.05) is 82.1 Å². The first-order valence-corrected chi connectivity index (χ1v) is 25.8. The van der Waals surface area contributed by atoms with Gasteiger partial charge in [-0.2, -0.15) is 0 Å². The van der Waals surface area contributed by atoms with E-state index in [1.54, 1.807) is 0 Å². The number of unbranched alkanes of at least 4 members (excludes halogenated alkanes) is 2. The topological polar surface area (TPSA) is 355 Å². The number of hydrogen-bond donors (Lipinski definition) is 11. The monoisotopic (exact) mass is 1050 g/mol. The number of aliphatic hydroxyl groups excluding tert-OH is 2. The molecule has 12 N–H and O–H groups in total. The number of fused-ring (bicyclic) bond motifs is 3. The van der Waals surface area contributed by atoms with Crippen LogP contribution in [0.4, 0.5) is 4.79 Å². The van der Waals surface area contributed by atoms with Crippen LogP contribution in [0.15, 0.2) is 61.1 Å². The van der Waals surface area contributed by atoms with Crippen molar-refractivity contribution in [2.24, 2.45) is 11.7 Å². The number of phosphoric acid groups is 1. The van der Waals surface area contributed by atoms with E-state index in [1.807, 2.05) is 57.2 Å². The quantitative estimate of drug-likeness (QED) is 0.0223. The van der Waals surface area contributed by atoms with Gasteiger partial charge in [-0.25, -0.2) is 14.3 Å². The minimum absolute atomic E-state index is 0.00126. The first kappa shape index (κ1) is 59.7. The van der Waals surface area contributed by atoms with Crippen LogP contribution >= 0.6 is 7.82 Å². The zero-order chi connectivity index (χ0) is 53.5. The Labute approximate surface area is 424 Å². The number of amides is 6. The van der Waals surface area contributed by atoms with Crippen LogP contribution in [-0.4, -0.2) is 166 Å². The molecule has 1 aliphatic rings. The lowest BCUT2D eigenvalue weighted by atomic mass is 9.98. The van der Waals surface area contributed by atoms with Crippen molar-refractivity contribution in [2.45, 2.75) is 109 Å². The summed E-state index contributed by atoms with van der Waals surface area (Å²) >= 11 is 0. The van der Waals surface area contributed by atoms with E-state index >= 15 is 0 Å². The fourth-order valence-electron chi connectivity index (χ4n) is 8.12. The van der Waals surface area contributed by atoms with E-state index in [4.69, 9.17) is 29.7 Å². The number of ether oxygens (including phenoxy) is 3. The maximum atomic E-state index is 14.0. The van der Waals surface area contributed by atoms with E-state index in [1.165, 1.54) is 17.4 Å². The Bertz CT molecular complexity index is 2240. The number of alkyl carbamates (subject to hydrolysis) is 1. The number of aromatic nitrogens is 2. The number of phosphoric ester groups is 1. The summed E-state index contributed by atoms with van der Waals surface area (Å²) in [7, 11) is -5.12. The molecule has 0 spiro atoms. The first-order chi connectivity index (χ1) is 34.8. The fraction of sp³-hybridized carbons (Fsp3) is 0.562. The molecule has 0 fully saturated rings. The number of nitrogens with one attached hydrogen (secondary N) is 6. The van der Waals surface area contributed by atoms with Gasteiger partial charge in [-0.3, -0.25) is 33.8 Å². The summed E-state index contributed by atoms with van der Waals surface area (Å²) in [6, 6.07) is 10.1. The molecule has 1 aromatic heterocycles. The number of carbonyl (C=O) groups is 6. The number of nitrogens with two attached hydrogens (primary N) is 1. The number of aromatic amines is 1. The van der Waals surface area contributed by atoms with Gasteiger partial charge in [0.15, 0.2) is 0 Å². The molecule has 0 saturated carbocycles. The highest BCUT2D eigenvalue weighted by atomic mass is 31.2. The third kappa shape index (κ3) is 20.2. The number of hydrogen-bond acceptors (Lipinski definition) is 15. The zero-order valence-electron chi connectivity index (χ0n) is 41.7. The number of primary amides is 1. The normalized spacial score (nSPS) is 14.7. The summed E-state index contributed by atoms with van der Waals surface area (Å²) in [5.74, 6) is -4.52. The molecule has 0 radical (unpaired) electrons. The molecule has 73 heavy (non-hydrogen) atoms. The van der Waals surface area contributed by atoms with Crippen molar-refractivity contribution in [3.8, 4) is 11.1 Å². The van der Waals surface area contributed by atoms with Crippen LogP contribution in [-0.2, 0) is 53.7 Å². The first-order valence-electron chi connectivity index (χ1n) is 24.3. The van der Waals surface area contributed by atoms with E-state index in [-0.39, 0.29) is 83.1 Å². The Morgan fingerprint density at radius 2 is 1.47 bits per heavy atom. The Hall–Kier alpha value is -5.82. The summed E-state index contributed by atoms with van der Waals surface area (Å²) in [6.07, 6.45) is 1.53. The van der Waals surface area contributed by atoms with E-state index in [0.29, 0.717) is 18.7 Å². The summed E-state index contributed by atoms with van der Waals surface area (Å²) in [5, 5.41) is 34.0. The summed E-state index contributed by atoms with van der Waals surface area (Å²) in [5.41, 5.74) is 10.2. The van der Waals surface area contributed by atoms with Crippen LogP contribution in [0.2, 0.25) is 0 Å². The van der Waals surface area contributed by atoms with Gasteiger partial charge >= 0.3 is 13.9 Å². The van der Waals surface area contributed by atoms with Crippen molar-refractivity contribution < 1.29 is 72.1 Å². The molecule has 24 nitrogen and oxygen atoms in total. The maximum absolute atomic E-state index is 14.0. The van der Waals surface area contributed by atoms with Crippen LogP contribution < -0.4 is 32.3 Å². The minimum atomic E-state index is -5.12. The molecule has 0 saturated heterocycles. The molecule has 1 heterocycles. The molecule has 2 aromatic carbocycles. The number of rotatable bonds is 34. The predicted octanol–water partition coefficient (Wildman–Crippen LogP) is 0.686. The number of nitrogens with zero attached hydrogens (tertiary/aromatic N) is 2. The van der Waals surface area contributed by atoms with Crippen molar-refractivity contribution >= 4 is 43.5 Å². The number of imidazole rings is 1.